The molecule has 0 saturated carbocycles. The molecule has 4 rings (SSSR count). The predicted molar refractivity (Wildman–Crippen MR) is 114 cm³/mol. The second kappa shape index (κ2) is 9.28. The number of nitrogens with one attached hydrogen (secondary N) is 1. The first kappa shape index (κ1) is 20.4. The molecule has 1 saturated heterocycles. The summed E-state index contributed by atoms with van der Waals surface area (Å²) in [5.74, 6) is 2.34. The van der Waals surface area contributed by atoms with Gasteiger partial charge in [-0.3, -0.25) is 9.69 Å². The zero-order valence-corrected chi connectivity index (χ0v) is 17.5. The van der Waals surface area contributed by atoms with Crippen LogP contribution in [0.5, 0.6) is 5.75 Å². The Morgan fingerprint density at radius 3 is 2.70 bits per heavy atom. The van der Waals surface area contributed by atoms with Crippen LogP contribution < -0.4 is 15.0 Å². The first-order valence-electron chi connectivity index (χ1n) is 9.82. The number of hydrogen-bond donors (Lipinski definition) is 1. The van der Waals surface area contributed by atoms with Crippen molar-refractivity contribution < 1.29 is 18.4 Å². The summed E-state index contributed by atoms with van der Waals surface area (Å²) in [6.45, 7) is 4.44. The number of nitrogens with zero attached hydrogens (tertiary/aromatic N) is 2. The van der Waals surface area contributed by atoms with Crippen molar-refractivity contribution in [3.63, 3.8) is 0 Å². The maximum atomic E-state index is 12.2. The highest BCUT2D eigenvalue weighted by Gasteiger charge is 2.21. The van der Waals surface area contributed by atoms with Gasteiger partial charge in [-0.1, -0.05) is 11.6 Å². The molecule has 7 nitrogen and oxygen atoms in total. The number of halogens is 1. The Balaban J connectivity index is 1.29. The SMILES string of the molecule is COc1ccc(Cl)cc1N1CCN(Cc2ccc(C(=O)NCc3ccco3)o2)CC1. The Labute approximate surface area is 180 Å². The number of ether oxygens (including phenoxy) is 1. The smallest absolute Gasteiger partial charge is 0.287 e. The van der Waals surface area contributed by atoms with Crippen LogP contribution >= 0.6 is 11.6 Å². The molecule has 8 heteroatoms. The molecule has 0 radical (unpaired) electrons. The van der Waals surface area contributed by atoms with Crippen molar-refractivity contribution in [2.45, 2.75) is 13.1 Å². The van der Waals surface area contributed by atoms with Crippen LogP contribution in [0.1, 0.15) is 22.1 Å². The van der Waals surface area contributed by atoms with E-state index in [2.05, 4.69) is 15.1 Å². The maximum Gasteiger partial charge on any atom is 0.287 e. The van der Waals surface area contributed by atoms with Crippen molar-refractivity contribution in [1.29, 1.82) is 0 Å². The van der Waals surface area contributed by atoms with Crippen LogP contribution in [0.3, 0.4) is 0 Å². The van der Waals surface area contributed by atoms with E-state index in [1.807, 2.05) is 30.3 Å². The van der Waals surface area contributed by atoms with Gasteiger partial charge < -0.3 is 23.8 Å². The van der Waals surface area contributed by atoms with Crippen molar-refractivity contribution in [3.05, 3.63) is 71.0 Å². The summed E-state index contributed by atoms with van der Waals surface area (Å²) < 4.78 is 16.4. The lowest BCUT2D eigenvalue weighted by Gasteiger charge is -2.36. The average molecular weight is 430 g/mol. The molecule has 1 N–H and O–H groups in total. The number of anilines is 1. The fraction of sp³-hybridized carbons (Fsp3) is 0.318. The minimum Gasteiger partial charge on any atom is -0.495 e. The Morgan fingerprint density at radius 2 is 1.97 bits per heavy atom. The number of carbonyl (C=O) groups excluding carboxylic acids is 1. The van der Waals surface area contributed by atoms with Gasteiger partial charge in [-0.15, -0.1) is 0 Å². The summed E-state index contributed by atoms with van der Waals surface area (Å²) in [5, 5.41) is 3.48. The average Bonchev–Trinajstić information content (AvgIpc) is 3.45. The van der Waals surface area contributed by atoms with Crippen LogP contribution in [0, 0.1) is 0 Å². The number of amides is 1. The molecule has 3 heterocycles. The van der Waals surface area contributed by atoms with Crippen LogP contribution in [-0.4, -0.2) is 44.1 Å². The van der Waals surface area contributed by atoms with Crippen LogP contribution in [0.15, 0.2) is 57.6 Å². The Morgan fingerprint density at radius 1 is 1.13 bits per heavy atom. The lowest BCUT2D eigenvalue weighted by Crippen LogP contribution is -2.46. The summed E-state index contributed by atoms with van der Waals surface area (Å²) in [4.78, 5) is 16.8. The molecule has 0 unspecified atom stereocenters. The molecule has 30 heavy (non-hydrogen) atoms. The number of furan rings is 2. The molecule has 158 valence electrons. The summed E-state index contributed by atoms with van der Waals surface area (Å²) in [6.07, 6.45) is 1.58. The standard InChI is InChI=1S/C22H24ClN3O4/c1-28-20-6-4-16(23)13-19(20)26-10-8-25(9-11-26)15-18-5-7-21(30-18)22(27)24-14-17-3-2-12-29-17/h2-7,12-13H,8-11,14-15H2,1H3,(H,24,27). The first-order chi connectivity index (χ1) is 14.6. The number of carbonyl (C=O) groups is 1. The number of rotatable bonds is 7. The van der Waals surface area contributed by atoms with E-state index in [9.17, 15) is 4.79 Å². The molecule has 1 aromatic carbocycles. The van der Waals surface area contributed by atoms with Crippen LogP contribution in [0.25, 0.3) is 0 Å². The highest BCUT2D eigenvalue weighted by Crippen LogP contribution is 2.32. The second-order valence-electron chi connectivity index (χ2n) is 7.11. The van der Waals surface area contributed by atoms with Gasteiger partial charge >= 0.3 is 0 Å². The summed E-state index contributed by atoms with van der Waals surface area (Å²) in [6, 6.07) is 12.8. The van der Waals surface area contributed by atoms with Gasteiger partial charge in [0.1, 0.15) is 17.3 Å². The molecule has 0 atom stereocenters. The van der Waals surface area contributed by atoms with E-state index in [0.29, 0.717) is 29.6 Å². The van der Waals surface area contributed by atoms with Gasteiger partial charge in [0.05, 0.1) is 32.1 Å². The topological polar surface area (TPSA) is 71.1 Å². The van der Waals surface area contributed by atoms with Gasteiger partial charge in [0, 0.05) is 31.2 Å². The van der Waals surface area contributed by atoms with Crippen molar-refractivity contribution >= 4 is 23.2 Å². The van der Waals surface area contributed by atoms with Crippen molar-refractivity contribution in [2.75, 3.05) is 38.2 Å². The van der Waals surface area contributed by atoms with Crippen LogP contribution in [0.2, 0.25) is 5.02 Å². The van der Waals surface area contributed by atoms with Gasteiger partial charge in [-0.2, -0.15) is 0 Å². The Bertz CT molecular complexity index is 978. The van der Waals surface area contributed by atoms with Gasteiger partial charge in [0.2, 0.25) is 0 Å². The van der Waals surface area contributed by atoms with Crippen LogP contribution in [-0.2, 0) is 13.1 Å². The fourth-order valence-electron chi connectivity index (χ4n) is 3.53. The largest absolute Gasteiger partial charge is 0.495 e. The van der Waals surface area contributed by atoms with E-state index >= 15 is 0 Å². The quantitative estimate of drug-likeness (QED) is 0.616. The Kier molecular flexibility index (Phi) is 6.30. The molecule has 3 aromatic rings. The highest BCUT2D eigenvalue weighted by molar-refractivity contribution is 6.30. The monoisotopic (exact) mass is 429 g/mol. The fourth-order valence-corrected chi connectivity index (χ4v) is 3.70. The number of benzene rings is 1. The molecule has 0 aliphatic carbocycles. The number of hydrogen-bond acceptors (Lipinski definition) is 6. The van der Waals surface area contributed by atoms with E-state index in [1.165, 1.54) is 0 Å². The maximum absolute atomic E-state index is 12.2. The lowest BCUT2D eigenvalue weighted by molar-refractivity contribution is 0.0916. The molecule has 1 aliphatic heterocycles. The van der Waals surface area contributed by atoms with E-state index in [4.69, 9.17) is 25.2 Å². The van der Waals surface area contributed by atoms with Gasteiger partial charge in [-0.05, 0) is 42.5 Å². The van der Waals surface area contributed by atoms with Crippen LogP contribution in [0.4, 0.5) is 5.69 Å². The summed E-state index contributed by atoms with van der Waals surface area (Å²) in [5.41, 5.74) is 1.01. The molecule has 0 bridgehead atoms. The molecular weight excluding hydrogens is 406 g/mol. The second-order valence-corrected chi connectivity index (χ2v) is 7.54. The zero-order valence-electron chi connectivity index (χ0n) is 16.8. The van der Waals surface area contributed by atoms with Gasteiger partial charge in [0.25, 0.3) is 5.91 Å². The lowest BCUT2D eigenvalue weighted by atomic mass is 10.2. The molecule has 1 fully saturated rings. The van der Waals surface area contributed by atoms with E-state index in [0.717, 1.165) is 43.4 Å². The highest BCUT2D eigenvalue weighted by atomic mass is 35.5. The minimum absolute atomic E-state index is 0.254. The van der Waals surface area contributed by atoms with Gasteiger partial charge in [0.15, 0.2) is 5.76 Å². The minimum atomic E-state index is -0.254. The molecule has 2 aromatic heterocycles. The first-order valence-corrected chi connectivity index (χ1v) is 10.2. The Hall–Kier alpha value is -2.90. The van der Waals surface area contributed by atoms with Gasteiger partial charge in [-0.25, -0.2) is 0 Å². The van der Waals surface area contributed by atoms with E-state index < -0.39 is 0 Å². The van der Waals surface area contributed by atoms with Crippen molar-refractivity contribution in [3.8, 4) is 5.75 Å². The van der Waals surface area contributed by atoms with Crippen molar-refractivity contribution in [2.24, 2.45) is 0 Å². The third-order valence-corrected chi connectivity index (χ3v) is 5.36. The van der Waals surface area contributed by atoms with E-state index in [1.54, 1.807) is 25.5 Å². The number of piperazine rings is 1. The summed E-state index contributed by atoms with van der Waals surface area (Å²) >= 11 is 6.17. The zero-order chi connectivity index (χ0) is 20.9. The molecule has 0 spiro atoms. The number of methoxy groups -OCH3 is 1. The normalized spacial score (nSPS) is 14.7. The van der Waals surface area contributed by atoms with E-state index in [-0.39, 0.29) is 5.91 Å². The third-order valence-electron chi connectivity index (χ3n) is 5.12. The third kappa shape index (κ3) is 4.80. The van der Waals surface area contributed by atoms with Crippen molar-refractivity contribution in [1.82, 2.24) is 10.2 Å². The molecule has 1 aliphatic rings. The molecule has 1 amide bonds. The molecular formula is C22H24ClN3O4. The predicted octanol–water partition coefficient (Wildman–Crippen LogP) is 3.79. The summed E-state index contributed by atoms with van der Waals surface area (Å²) in [7, 11) is 1.67.